The van der Waals surface area contributed by atoms with Crippen LogP contribution < -0.4 is 5.32 Å². The number of ether oxygens (including phenoxy) is 1. The summed E-state index contributed by atoms with van der Waals surface area (Å²) in [6, 6.07) is 3.84. The van der Waals surface area contributed by atoms with E-state index in [1.165, 1.54) is 12.8 Å². The molecule has 0 saturated carbocycles. The fourth-order valence-corrected chi connectivity index (χ4v) is 2.06. The third kappa shape index (κ3) is 5.47. The van der Waals surface area contributed by atoms with Gasteiger partial charge in [0.1, 0.15) is 12.4 Å². The summed E-state index contributed by atoms with van der Waals surface area (Å²) in [5.41, 5.74) is 2.74. The van der Waals surface area contributed by atoms with Gasteiger partial charge in [-0.25, -0.2) is 0 Å². The van der Waals surface area contributed by atoms with Crippen molar-refractivity contribution < 1.29 is 9.84 Å². The van der Waals surface area contributed by atoms with Gasteiger partial charge in [-0.2, -0.15) is 0 Å². The summed E-state index contributed by atoms with van der Waals surface area (Å²) in [6.45, 7) is 7.23. The highest BCUT2D eigenvalue weighted by atomic mass is 32.1. The maximum atomic E-state index is 9.70. The van der Waals surface area contributed by atoms with E-state index >= 15 is 0 Å². The van der Waals surface area contributed by atoms with Crippen LogP contribution in [0.5, 0.6) is 5.75 Å². The molecule has 0 spiro atoms. The van der Waals surface area contributed by atoms with Crippen LogP contribution in [0.4, 0.5) is 0 Å². The van der Waals surface area contributed by atoms with E-state index in [9.17, 15) is 5.11 Å². The summed E-state index contributed by atoms with van der Waals surface area (Å²) in [5, 5.41) is 13.2. The van der Waals surface area contributed by atoms with Crippen molar-refractivity contribution in [1.82, 2.24) is 5.32 Å². The van der Waals surface area contributed by atoms with Gasteiger partial charge in [-0.15, -0.1) is 0 Å². The maximum absolute atomic E-state index is 9.70. The summed E-state index contributed by atoms with van der Waals surface area (Å²) < 4.78 is 5.50. The van der Waals surface area contributed by atoms with E-state index in [2.05, 4.69) is 12.2 Å². The molecule has 0 aliphatic heterocycles. The Morgan fingerprint density at radius 3 is 2.47 bits per heavy atom. The molecule has 0 amide bonds. The van der Waals surface area contributed by atoms with Crippen LogP contribution in [0.1, 0.15) is 42.9 Å². The van der Waals surface area contributed by atoms with E-state index in [1.54, 1.807) is 0 Å². The average Bonchev–Trinajstić information content (AvgIpc) is 2.38. The van der Waals surface area contributed by atoms with Crippen molar-refractivity contribution in [2.24, 2.45) is 0 Å². The number of unbranched alkanes of at least 4 members (excludes halogenated alkanes) is 2. The number of benzene rings is 1. The van der Waals surface area contributed by atoms with Gasteiger partial charge >= 0.3 is 0 Å². The summed E-state index contributed by atoms with van der Waals surface area (Å²) in [5.74, 6) is 0.351. The first-order valence-corrected chi connectivity index (χ1v) is 7.15. The van der Waals surface area contributed by atoms with Gasteiger partial charge in [0.25, 0.3) is 5.17 Å². The number of thiocarbonyl (C=S) groups is 1. The normalized spacial score (nSPS) is 10.3. The van der Waals surface area contributed by atoms with Crippen LogP contribution in [-0.4, -0.2) is 16.8 Å². The topological polar surface area (TPSA) is 41.5 Å². The lowest BCUT2D eigenvalue weighted by Gasteiger charge is -2.11. The molecule has 3 nitrogen and oxygen atoms in total. The third-order valence-electron chi connectivity index (χ3n) is 2.97. The van der Waals surface area contributed by atoms with Crippen LogP contribution in [-0.2, 0) is 11.3 Å². The van der Waals surface area contributed by atoms with E-state index in [0.29, 0.717) is 17.5 Å². The lowest BCUT2D eigenvalue weighted by atomic mass is 10.1. The molecular weight excluding hydrogens is 258 g/mol. The SMILES string of the molecule is CCCCCNC(=S)OCc1cc(C)c(O)c(C)c1. The Balaban J connectivity index is 2.38. The predicted molar refractivity (Wildman–Crippen MR) is 82.5 cm³/mol. The van der Waals surface area contributed by atoms with Crippen LogP contribution in [0.15, 0.2) is 12.1 Å². The van der Waals surface area contributed by atoms with Crippen LogP contribution in [0, 0.1) is 13.8 Å². The van der Waals surface area contributed by atoms with E-state index < -0.39 is 0 Å². The Labute approximate surface area is 121 Å². The predicted octanol–water partition coefficient (Wildman–Crippen LogP) is 3.59. The molecule has 0 unspecified atom stereocenters. The first kappa shape index (κ1) is 15.8. The minimum absolute atomic E-state index is 0.351. The van der Waals surface area contributed by atoms with Gasteiger partial charge in [0, 0.05) is 6.54 Å². The Kier molecular flexibility index (Phi) is 6.64. The molecule has 0 bridgehead atoms. The van der Waals surface area contributed by atoms with Crippen LogP contribution >= 0.6 is 12.2 Å². The number of phenols is 1. The molecule has 0 saturated heterocycles. The van der Waals surface area contributed by atoms with Crippen molar-refractivity contribution in [2.75, 3.05) is 6.54 Å². The molecule has 19 heavy (non-hydrogen) atoms. The quantitative estimate of drug-likeness (QED) is 0.617. The van der Waals surface area contributed by atoms with Crippen molar-refractivity contribution in [3.05, 3.63) is 28.8 Å². The molecule has 1 aromatic rings. The molecule has 0 atom stereocenters. The van der Waals surface area contributed by atoms with Gasteiger partial charge in [0.05, 0.1) is 0 Å². The standard InChI is InChI=1S/C15H23NO2S/c1-4-5-6-7-16-15(19)18-10-13-8-11(2)14(17)12(3)9-13/h8-9,17H,4-7,10H2,1-3H3,(H,16,19). The molecule has 2 N–H and O–H groups in total. The number of nitrogens with one attached hydrogen (secondary N) is 1. The van der Waals surface area contributed by atoms with Gasteiger partial charge in [-0.1, -0.05) is 19.8 Å². The second-order valence-electron chi connectivity index (χ2n) is 4.79. The summed E-state index contributed by atoms with van der Waals surface area (Å²) in [4.78, 5) is 0. The van der Waals surface area contributed by atoms with Crippen LogP contribution in [0.3, 0.4) is 0 Å². The van der Waals surface area contributed by atoms with Crippen LogP contribution in [0.25, 0.3) is 0 Å². The zero-order valence-electron chi connectivity index (χ0n) is 12.0. The largest absolute Gasteiger partial charge is 0.507 e. The number of hydrogen-bond acceptors (Lipinski definition) is 3. The minimum atomic E-state index is 0.351. The molecular formula is C15H23NO2S. The van der Waals surface area contributed by atoms with E-state index in [4.69, 9.17) is 17.0 Å². The number of rotatable bonds is 6. The van der Waals surface area contributed by atoms with Crippen molar-refractivity contribution in [2.45, 2.75) is 46.6 Å². The Hall–Kier alpha value is -1.29. The highest BCUT2D eigenvalue weighted by Gasteiger charge is 2.04. The lowest BCUT2D eigenvalue weighted by Crippen LogP contribution is -2.24. The maximum Gasteiger partial charge on any atom is 0.256 e. The Morgan fingerprint density at radius 2 is 1.89 bits per heavy atom. The first-order chi connectivity index (χ1) is 9.04. The van der Waals surface area contributed by atoms with Gasteiger partial charge < -0.3 is 15.2 Å². The highest BCUT2D eigenvalue weighted by molar-refractivity contribution is 7.80. The summed E-state index contributed by atoms with van der Waals surface area (Å²) in [7, 11) is 0. The highest BCUT2D eigenvalue weighted by Crippen LogP contribution is 2.23. The zero-order chi connectivity index (χ0) is 14.3. The van der Waals surface area contributed by atoms with Gasteiger partial charge in [0.15, 0.2) is 0 Å². The second-order valence-corrected chi connectivity index (χ2v) is 5.16. The average molecular weight is 281 g/mol. The zero-order valence-corrected chi connectivity index (χ0v) is 12.8. The number of aryl methyl sites for hydroxylation is 2. The van der Waals surface area contributed by atoms with Crippen molar-refractivity contribution >= 4 is 17.4 Å². The van der Waals surface area contributed by atoms with E-state index in [0.717, 1.165) is 29.7 Å². The number of hydrogen-bond donors (Lipinski definition) is 2. The second kappa shape index (κ2) is 8.00. The molecule has 0 aliphatic rings. The first-order valence-electron chi connectivity index (χ1n) is 6.74. The lowest BCUT2D eigenvalue weighted by molar-refractivity contribution is 0.286. The summed E-state index contributed by atoms with van der Waals surface area (Å²) in [6.07, 6.45) is 3.50. The van der Waals surface area contributed by atoms with Crippen LogP contribution in [0.2, 0.25) is 0 Å². The molecule has 0 radical (unpaired) electrons. The van der Waals surface area contributed by atoms with Gasteiger partial charge in [-0.05, 0) is 61.3 Å². The van der Waals surface area contributed by atoms with Gasteiger partial charge in [0.2, 0.25) is 0 Å². The van der Waals surface area contributed by atoms with E-state index in [1.807, 2.05) is 26.0 Å². The number of aromatic hydroxyl groups is 1. The van der Waals surface area contributed by atoms with Crippen molar-refractivity contribution in [1.29, 1.82) is 0 Å². The fourth-order valence-electron chi connectivity index (χ4n) is 1.89. The molecule has 0 aliphatic carbocycles. The molecule has 4 heteroatoms. The molecule has 1 aromatic carbocycles. The monoisotopic (exact) mass is 281 g/mol. The Morgan fingerprint density at radius 1 is 1.26 bits per heavy atom. The third-order valence-corrected chi connectivity index (χ3v) is 3.23. The van der Waals surface area contributed by atoms with Crippen molar-refractivity contribution in [3.8, 4) is 5.75 Å². The minimum Gasteiger partial charge on any atom is -0.507 e. The summed E-state index contributed by atoms with van der Waals surface area (Å²) >= 11 is 5.11. The van der Waals surface area contributed by atoms with Crippen molar-refractivity contribution in [3.63, 3.8) is 0 Å². The van der Waals surface area contributed by atoms with E-state index in [-0.39, 0.29) is 0 Å². The Bertz CT molecular complexity index is 409. The molecule has 1 rings (SSSR count). The van der Waals surface area contributed by atoms with Gasteiger partial charge in [-0.3, -0.25) is 0 Å². The smallest absolute Gasteiger partial charge is 0.256 e. The molecule has 0 heterocycles. The molecule has 0 aromatic heterocycles. The molecule has 106 valence electrons. The number of phenolic OH excluding ortho intramolecular Hbond substituents is 1. The molecule has 0 fully saturated rings. The fraction of sp³-hybridized carbons (Fsp3) is 0.533.